The molecule has 8 heteroatoms. The lowest BCUT2D eigenvalue weighted by atomic mass is 10.2. The van der Waals surface area contributed by atoms with Gasteiger partial charge < -0.3 is 15.0 Å². The Morgan fingerprint density at radius 3 is 2.63 bits per heavy atom. The van der Waals surface area contributed by atoms with Crippen molar-refractivity contribution in [2.75, 3.05) is 5.32 Å². The van der Waals surface area contributed by atoms with E-state index < -0.39 is 0 Å². The molecule has 2 N–H and O–H groups in total. The smallest absolute Gasteiger partial charge is 0.182 e. The monoisotopic (exact) mass is 399 g/mol. The Morgan fingerprint density at radius 2 is 1.78 bits per heavy atom. The van der Waals surface area contributed by atoms with Crippen molar-refractivity contribution in [1.82, 2.24) is 19.9 Å². The summed E-state index contributed by atoms with van der Waals surface area (Å²) in [7, 11) is 0. The van der Waals surface area contributed by atoms with Crippen LogP contribution in [0, 0.1) is 0 Å². The molecule has 0 saturated heterocycles. The predicted molar refractivity (Wildman–Crippen MR) is 106 cm³/mol. The first kappa shape index (κ1) is 17.6. The Labute approximate surface area is 165 Å². The first-order valence-corrected chi connectivity index (χ1v) is 8.98. The van der Waals surface area contributed by atoms with Crippen LogP contribution in [0.15, 0.2) is 55.1 Å². The predicted octanol–water partition coefficient (Wildman–Crippen LogP) is 4.85. The highest BCUT2D eigenvalue weighted by atomic mass is 35.5. The van der Waals surface area contributed by atoms with Crippen molar-refractivity contribution < 1.29 is 4.74 Å². The summed E-state index contributed by atoms with van der Waals surface area (Å²) >= 11 is 12.1. The summed E-state index contributed by atoms with van der Waals surface area (Å²) in [5.74, 6) is 1.41. The van der Waals surface area contributed by atoms with Crippen LogP contribution >= 0.6 is 23.2 Å². The lowest BCUT2D eigenvalue weighted by molar-refractivity contribution is 0.303. The number of fused-ring (bicyclic) bond motifs is 1. The molecule has 0 fully saturated rings. The Bertz CT molecular complexity index is 1070. The van der Waals surface area contributed by atoms with E-state index in [9.17, 15) is 0 Å². The fraction of sp³-hybridized carbons (Fsp3) is 0.105. The molecule has 0 bridgehead atoms. The zero-order chi connectivity index (χ0) is 18.6. The molecule has 0 atom stereocenters. The number of ether oxygens (including phenoxy) is 1. The molecule has 0 aliphatic carbocycles. The zero-order valence-corrected chi connectivity index (χ0v) is 15.6. The maximum absolute atomic E-state index is 6.17. The van der Waals surface area contributed by atoms with Crippen LogP contribution in [-0.4, -0.2) is 19.9 Å². The fourth-order valence-corrected chi connectivity index (χ4v) is 2.97. The van der Waals surface area contributed by atoms with Gasteiger partial charge in [0.1, 0.15) is 24.2 Å². The van der Waals surface area contributed by atoms with E-state index in [0.29, 0.717) is 34.7 Å². The van der Waals surface area contributed by atoms with E-state index >= 15 is 0 Å². The van der Waals surface area contributed by atoms with Crippen LogP contribution in [0.25, 0.3) is 11.2 Å². The van der Waals surface area contributed by atoms with E-state index in [-0.39, 0.29) is 0 Å². The van der Waals surface area contributed by atoms with Gasteiger partial charge in [-0.2, -0.15) is 0 Å². The zero-order valence-electron chi connectivity index (χ0n) is 14.1. The van der Waals surface area contributed by atoms with Crippen LogP contribution in [0.3, 0.4) is 0 Å². The molecule has 136 valence electrons. The average molecular weight is 400 g/mol. The Kier molecular flexibility index (Phi) is 5.09. The van der Waals surface area contributed by atoms with Crippen LogP contribution in [-0.2, 0) is 13.2 Å². The Morgan fingerprint density at radius 1 is 0.963 bits per heavy atom. The molecule has 0 radical (unpaired) electrons. The number of aromatic amines is 1. The summed E-state index contributed by atoms with van der Waals surface area (Å²) in [6.07, 6.45) is 3.06. The number of hydrogen-bond acceptors (Lipinski definition) is 5. The van der Waals surface area contributed by atoms with Gasteiger partial charge in [0.25, 0.3) is 0 Å². The molecule has 4 rings (SSSR count). The number of H-pyrrole nitrogens is 1. The van der Waals surface area contributed by atoms with E-state index in [1.54, 1.807) is 12.4 Å². The van der Waals surface area contributed by atoms with Crippen molar-refractivity contribution in [2.24, 2.45) is 0 Å². The molecule has 2 aromatic carbocycles. The lowest BCUT2D eigenvalue weighted by Gasteiger charge is -2.13. The van der Waals surface area contributed by atoms with Crippen molar-refractivity contribution in [3.63, 3.8) is 0 Å². The summed E-state index contributed by atoms with van der Waals surface area (Å²) < 4.78 is 5.98. The van der Waals surface area contributed by atoms with Gasteiger partial charge in [-0.3, -0.25) is 0 Å². The summed E-state index contributed by atoms with van der Waals surface area (Å²) in [4.78, 5) is 15.5. The van der Waals surface area contributed by atoms with Gasteiger partial charge >= 0.3 is 0 Å². The highest BCUT2D eigenvalue weighted by Crippen LogP contribution is 2.26. The molecule has 6 nitrogen and oxygen atoms in total. The number of imidazole rings is 1. The molecule has 0 aliphatic heterocycles. The second-order valence-corrected chi connectivity index (χ2v) is 6.72. The van der Waals surface area contributed by atoms with Gasteiger partial charge in [0.15, 0.2) is 11.5 Å². The first-order chi connectivity index (χ1) is 13.2. The van der Waals surface area contributed by atoms with E-state index in [1.807, 2.05) is 36.4 Å². The molecule has 4 aromatic rings. The van der Waals surface area contributed by atoms with Crippen LogP contribution in [0.1, 0.15) is 11.1 Å². The van der Waals surface area contributed by atoms with Gasteiger partial charge in [0.05, 0.1) is 6.33 Å². The minimum Gasteiger partial charge on any atom is -0.489 e. The Balaban J connectivity index is 1.51. The third-order valence-electron chi connectivity index (χ3n) is 4.00. The SMILES string of the molecule is Clc1ccc(COc2ccc(Cl)cc2CNc2ncnc3nc[nH]c23)cc1. The fourth-order valence-electron chi connectivity index (χ4n) is 2.65. The largest absolute Gasteiger partial charge is 0.489 e. The van der Waals surface area contributed by atoms with Crippen molar-refractivity contribution in [2.45, 2.75) is 13.2 Å². The number of nitrogens with one attached hydrogen (secondary N) is 2. The molecule has 0 aliphatic rings. The van der Waals surface area contributed by atoms with E-state index in [4.69, 9.17) is 27.9 Å². The van der Waals surface area contributed by atoms with Gasteiger partial charge in [0.2, 0.25) is 0 Å². The summed E-state index contributed by atoms with van der Waals surface area (Å²) in [6, 6.07) is 13.1. The quantitative estimate of drug-likeness (QED) is 0.484. The molecule has 0 unspecified atom stereocenters. The number of halogens is 2. The minimum absolute atomic E-state index is 0.435. The van der Waals surface area contributed by atoms with Crippen molar-refractivity contribution in [3.8, 4) is 5.75 Å². The molecule has 0 saturated carbocycles. The van der Waals surface area contributed by atoms with E-state index in [1.165, 1.54) is 6.33 Å². The van der Waals surface area contributed by atoms with Crippen molar-refractivity contribution in [3.05, 3.63) is 76.3 Å². The molecule has 27 heavy (non-hydrogen) atoms. The van der Waals surface area contributed by atoms with Gasteiger partial charge in [-0.1, -0.05) is 35.3 Å². The third-order valence-corrected chi connectivity index (χ3v) is 4.49. The molecule has 0 amide bonds. The number of rotatable bonds is 6. The van der Waals surface area contributed by atoms with E-state index in [2.05, 4.69) is 25.3 Å². The molecule has 0 spiro atoms. The molecular formula is C19H15Cl2N5O. The second kappa shape index (κ2) is 7.82. The highest BCUT2D eigenvalue weighted by molar-refractivity contribution is 6.30. The lowest BCUT2D eigenvalue weighted by Crippen LogP contribution is -2.05. The van der Waals surface area contributed by atoms with Crippen molar-refractivity contribution in [1.29, 1.82) is 0 Å². The van der Waals surface area contributed by atoms with Gasteiger partial charge in [0, 0.05) is 22.2 Å². The number of hydrogen-bond donors (Lipinski definition) is 2. The van der Waals surface area contributed by atoms with E-state index in [0.717, 1.165) is 22.4 Å². The maximum atomic E-state index is 6.17. The van der Waals surface area contributed by atoms with Gasteiger partial charge in [-0.25, -0.2) is 15.0 Å². The second-order valence-electron chi connectivity index (χ2n) is 5.84. The summed E-state index contributed by atoms with van der Waals surface area (Å²) in [6.45, 7) is 0.922. The van der Waals surface area contributed by atoms with Crippen molar-refractivity contribution >= 4 is 40.2 Å². The average Bonchev–Trinajstić information content (AvgIpc) is 3.16. The minimum atomic E-state index is 0.435. The topological polar surface area (TPSA) is 75.7 Å². The summed E-state index contributed by atoms with van der Waals surface area (Å²) in [5, 5.41) is 4.62. The van der Waals surface area contributed by atoms with Crippen LogP contribution in [0.4, 0.5) is 5.82 Å². The number of aromatic nitrogens is 4. The normalized spacial score (nSPS) is 10.9. The highest BCUT2D eigenvalue weighted by Gasteiger charge is 2.09. The van der Waals surface area contributed by atoms with Gasteiger partial charge in [-0.15, -0.1) is 0 Å². The number of anilines is 1. The summed E-state index contributed by atoms with van der Waals surface area (Å²) in [5.41, 5.74) is 3.31. The maximum Gasteiger partial charge on any atom is 0.182 e. The van der Waals surface area contributed by atoms with Gasteiger partial charge in [-0.05, 0) is 35.9 Å². The number of benzene rings is 2. The molecule has 2 aromatic heterocycles. The van der Waals surface area contributed by atoms with Crippen LogP contribution in [0.2, 0.25) is 10.0 Å². The van der Waals surface area contributed by atoms with Crippen LogP contribution < -0.4 is 10.1 Å². The number of nitrogens with zero attached hydrogens (tertiary/aromatic N) is 3. The third kappa shape index (κ3) is 4.13. The first-order valence-electron chi connectivity index (χ1n) is 8.22. The Hall–Kier alpha value is -2.83. The molecule has 2 heterocycles. The molecular weight excluding hydrogens is 385 g/mol. The standard InChI is InChI=1S/C19H15Cl2N5O/c20-14-3-1-12(2-4-14)9-27-16-6-5-15(21)7-13(16)8-22-18-17-19(24-10-23-17)26-11-25-18/h1-7,10-11H,8-9H2,(H2,22,23,24,25,26). The van der Waals surface area contributed by atoms with Crippen LogP contribution in [0.5, 0.6) is 5.75 Å².